The fourth-order valence-corrected chi connectivity index (χ4v) is 2.03. The lowest BCUT2D eigenvalue weighted by Gasteiger charge is -2.36. The highest BCUT2D eigenvalue weighted by molar-refractivity contribution is 5.85. The molecule has 0 N–H and O–H groups in total. The van der Waals surface area contributed by atoms with Crippen molar-refractivity contribution in [2.45, 2.75) is 39.5 Å². The number of hydrogen-bond acceptors (Lipinski definition) is 1. The van der Waals surface area contributed by atoms with Crippen molar-refractivity contribution in [3.05, 3.63) is 12.7 Å². The third-order valence-corrected chi connectivity index (χ3v) is 3.15. The van der Waals surface area contributed by atoms with E-state index in [4.69, 9.17) is 0 Å². The Hall–Kier alpha value is -0.590. The summed E-state index contributed by atoms with van der Waals surface area (Å²) in [5.74, 6) is 0.955. The molecule has 1 aliphatic carbocycles. The zero-order chi connectivity index (χ0) is 9.19. The van der Waals surface area contributed by atoms with E-state index in [0.29, 0.717) is 11.7 Å². The van der Waals surface area contributed by atoms with E-state index in [-0.39, 0.29) is 5.41 Å². The fourth-order valence-electron chi connectivity index (χ4n) is 2.03. The lowest BCUT2D eigenvalue weighted by molar-refractivity contribution is -0.132. The van der Waals surface area contributed by atoms with Gasteiger partial charge in [-0.3, -0.25) is 4.79 Å². The second kappa shape index (κ2) is 3.42. The van der Waals surface area contributed by atoms with Gasteiger partial charge in [0.05, 0.1) is 0 Å². The van der Waals surface area contributed by atoms with Gasteiger partial charge in [0.2, 0.25) is 0 Å². The maximum absolute atomic E-state index is 11.6. The van der Waals surface area contributed by atoms with E-state index < -0.39 is 0 Å². The third-order valence-electron chi connectivity index (χ3n) is 3.15. The molecule has 1 atom stereocenters. The summed E-state index contributed by atoms with van der Waals surface area (Å²) in [4.78, 5) is 11.6. The molecule has 1 rings (SSSR count). The monoisotopic (exact) mass is 166 g/mol. The lowest BCUT2D eigenvalue weighted by Crippen LogP contribution is -2.36. The van der Waals surface area contributed by atoms with Crippen molar-refractivity contribution in [2.75, 3.05) is 0 Å². The molecule has 0 aromatic heterocycles. The molecular weight excluding hydrogens is 148 g/mol. The van der Waals surface area contributed by atoms with Gasteiger partial charge >= 0.3 is 0 Å². The van der Waals surface area contributed by atoms with Gasteiger partial charge in [0, 0.05) is 11.8 Å². The Bertz CT molecular complexity index is 191. The number of hydrogen-bond donors (Lipinski definition) is 0. The summed E-state index contributed by atoms with van der Waals surface area (Å²) in [6, 6.07) is 0. The standard InChI is InChI=1S/C11H18O/c1-4-6-9-7-5-8-10(12)11(9,2)3/h4,9H,1,5-8H2,2-3H3/t9-/m1/s1. The average molecular weight is 166 g/mol. The summed E-state index contributed by atoms with van der Waals surface area (Å²) in [5.41, 5.74) is -0.105. The van der Waals surface area contributed by atoms with Gasteiger partial charge in [0.25, 0.3) is 0 Å². The molecule has 0 aliphatic heterocycles. The van der Waals surface area contributed by atoms with Gasteiger partial charge in [0.15, 0.2) is 0 Å². The highest BCUT2D eigenvalue weighted by Crippen LogP contribution is 2.39. The molecule has 0 bridgehead atoms. The first-order chi connectivity index (χ1) is 5.59. The van der Waals surface area contributed by atoms with Crippen molar-refractivity contribution >= 4 is 5.78 Å². The Morgan fingerprint density at radius 3 is 2.92 bits per heavy atom. The normalized spacial score (nSPS) is 28.5. The van der Waals surface area contributed by atoms with E-state index >= 15 is 0 Å². The van der Waals surface area contributed by atoms with E-state index in [1.54, 1.807) is 0 Å². The first kappa shape index (κ1) is 9.50. The molecule has 0 aromatic carbocycles. The van der Waals surface area contributed by atoms with Crippen molar-refractivity contribution in [2.24, 2.45) is 11.3 Å². The Balaban J connectivity index is 2.71. The van der Waals surface area contributed by atoms with Crippen molar-refractivity contribution in [1.82, 2.24) is 0 Å². The number of carbonyl (C=O) groups excluding carboxylic acids is 1. The zero-order valence-corrected chi connectivity index (χ0v) is 8.10. The molecule has 0 spiro atoms. The number of Topliss-reactive ketones (excluding diaryl/α,β-unsaturated/α-hetero) is 1. The van der Waals surface area contributed by atoms with Crippen LogP contribution in [0.15, 0.2) is 12.7 Å². The van der Waals surface area contributed by atoms with Gasteiger partial charge in [-0.1, -0.05) is 19.9 Å². The predicted molar refractivity (Wildman–Crippen MR) is 50.9 cm³/mol. The molecule has 68 valence electrons. The van der Waals surface area contributed by atoms with Crippen LogP contribution in [0.5, 0.6) is 0 Å². The van der Waals surface area contributed by atoms with Crippen LogP contribution in [0.25, 0.3) is 0 Å². The van der Waals surface area contributed by atoms with Gasteiger partial charge in [-0.15, -0.1) is 6.58 Å². The summed E-state index contributed by atoms with van der Waals surface area (Å²) >= 11 is 0. The second-order valence-electron chi connectivity index (χ2n) is 4.26. The SMILES string of the molecule is C=CC[C@@H]1CCCC(=O)C1(C)C. The number of rotatable bonds is 2. The van der Waals surface area contributed by atoms with Crippen molar-refractivity contribution in [1.29, 1.82) is 0 Å². The van der Waals surface area contributed by atoms with E-state index in [1.165, 1.54) is 6.42 Å². The van der Waals surface area contributed by atoms with E-state index in [2.05, 4.69) is 20.4 Å². The molecule has 1 nitrogen and oxygen atoms in total. The van der Waals surface area contributed by atoms with Gasteiger partial charge in [-0.05, 0) is 25.2 Å². The highest BCUT2D eigenvalue weighted by Gasteiger charge is 2.37. The minimum Gasteiger partial charge on any atom is -0.299 e. The molecule has 1 saturated carbocycles. The number of carbonyl (C=O) groups is 1. The van der Waals surface area contributed by atoms with Crippen molar-refractivity contribution in [3.8, 4) is 0 Å². The van der Waals surface area contributed by atoms with Crippen LogP contribution in [-0.2, 0) is 4.79 Å². The quantitative estimate of drug-likeness (QED) is 0.576. The Morgan fingerprint density at radius 2 is 2.33 bits per heavy atom. The minimum atomic E-state index is -0.105. The Morgan fingerprint density at radius 1 is 1.67 bits per heavy atom. The molecule has 12 heavy (non-hydrogen) atoms. The van der Waals surface area contributed by atoms with Gasteiger partial charge < -0.3 is 0 Å². The van der Waals surface area contributed by atoms with Crippen LogP contribution in [-0.4, -0.2) is 5.78 Å². The smallest absolute Gasteiger partial charge is 0.138 e. The van der Waals surface area contributed by atoms with Gasteiger partial charge in [-0.25, -0.2) is 0 Å². The highest BCUT2D eigenvalue weighted by atomic mass is 16.1. The largest absolute Gasteiger partial charge is 0.299 e. The van der Waals surface area contributed by atoms with Crippen LogP contribution < -0.4 is 0 Å². The first-order valence-corrected chi connectivity index (χ1v) is 4.73. The fraction of sp³-hybridized carbons (Fsp3) is 0.727. The summed E-state index contributed by atoms with van der Waals surface area (Å²) in [6.45, 7) is 7.88. The topological polar surface area (TPSA) is 17.1 Å². The maximum atomic E-state index is 11.6. The molecule has 0 radical (unpaired) electrons. The predicted octanol–water partition coefficient (Wildman–Crippen LogP) is 2.96. The summed E-state index contributed by atoms with van der Waals surface area (Å²) in [7, 11) is 0. The molecule has 0 unspecified atom stereocenters. The van der Waals surface area contributed by atoms with Crippen LogP contribution in [0.4, 0.5) is 0 Å². The van der Waals surface area contributed by atoms with E-state index in [1.807, 2.05) is 6.08 Å². The third kappa shape index (κ3) is 1.60. The molecule has 0 aromatic rings. The second-order valence-corrected chi connectivity index (χ2v) is 4.26. The zero-order valence-electron chi connectivity index (χ0n) is 8.10. The van der Waals surface area contributed by atoms with Gasteiger partial charge in [0.1, 0.15) is 5.78 Å². The first-order valence-electron chi connectivity index (χ1n) is 4.73. The molecule has 0 heterocycles. The molecule has 1 fully saturated rings. The molecule has 0 amide bonds. The maximum Gasteiger partial charge on any atom is 0.138 e. The summed E-state index contributed by atoms with van der Waals surface area (Å²) in [5, 5.41) is 0. The van der Waals surface area contributed by atoms with Crippen LogP contribution in [0.3, 0.4) is 0 Å². The number of allylic oxidation sites excluding steroid dienone is 1. The van der Waals surface area contributed by atoms with E-state index in [0.717, 1.165) is 19.3 Å². The van der Waals surface area contributed by atoms with Crippen molar-refractivity contribution < 1.29 is 4.79 Å². The van der Waals surface area contributed by atoms with Crippen LogP contribution >= 0.6 is 0 Å². The lowest BCUT2D eigenvalue weighted by atomic mass is 9.67. The molecule has 1 aliphatic rings. The van der Waals surface area contributed by atoms with Crippen LogP contribution in [0, 0.1) is 11.3 Å². The number of ketones is 1. The molecular formula is C11H18O. The van der Waals surface area contributed by atoms with E-state index in [9.17, 15) is 4.79 Å². The van der Waals surface area contributed by atoms with Crippen molar-refractivity contribution in [3.63, 3.8) is 0 Å². The minimum absolute atomic E-state index is 0.105. The molecule has 1 heteroatoms. The van der Waals surface area contributed by atoms with Gasteiger partial charge in [-0.2, -0.15) is 0 Å². The average Bonchev–Trinajstić information content (AvgIpc) is 2.00. The summed E-state index contributed by atoms with van der Waals surface area (Å²) in [6.07, 6.45) is 5.95. The van der Waals surface area contributed by atoms with Crippen LogP contribution in [0.2, 0.25) is 0 Å². The Labute approximate surface area is 74.9 Å². The Kier molecular flexibility index (Phi) is 2.71. The molecule has 0 saturated heterocycles. The van der Waals surface area contributed by atoms with Crippen LogP contribution in [0.1, 0.15) is 39.5 Å². The summed E-state index contributed by atoms with van der Waals surface area (Å²) < 4.78 is 0.